The highest BCUT2D eigenvalue weighted by molar-refractivity contribution is 9.28. The van der Waals surface area contributed by atoms with Gasteiger partial charge in [0.15, 0.2) is 5.76 Å². The van der Waals surface area contributed by atoms with Crippen LogP contribution in [0.15, 0.2) is 20.8 Å². The first-order chi connectivity index (χ1) is 7.45. The van der Waals surface area contributed by atoms with Gasteiger partial charge < -0.3 is 9.47 Å². The van der Waals surface area contributed by atoms with Gasteiger partial charge in [-0.1, -0.05) is 0 Å². The van der Waals surface area contributed by atoms with Crippen LogP contribution >= 0.6 is 44.5 Å². The normalized spacial score (nSPS) is 16.6. The van der Waals surface area contributed by atoms with Crippen molar-refractivity contribution in [3.8, 4) is 0 Å². The number of ether oxygens (including phenoxy) is 2. The molecule has 0 amide bonds. The number of allylic oxidation sites excluding steroid dienone is 1. The Morgan fingerprint density at radius 1 is 1.62 bits per heavy atom. The van der Waals surface area contributed by atoms with Crippen LogP contribution in [0.1, 0.15) is 6.92 Å². The first-order valence-electron chi connectivity index (χ1n) is 4.25. The van der Waals surface area contributed by atoms with Crippen LogP contribution in [0.2, 0.25) is 0 Å². The molecule has 0 aliphatic carbocycles. The summed E-state index contributed by atoms with van der Waals surface area (Å²) in [6.07, 6.45) is 0.862. The van der Waals surface area contributed by atoms with Gasteiger partial charge in [0.25, 0.3) is 0 Å². The van der Waals surface area contributed by atoms with Crippen molar-refractivity contribution in [2.75, 3.05) is 5.75 Å². The zero-order valence-electron chi connectivity index (χ0n) is 8.20. The number of rotatable bonds is 3. The molecule has 0 fully saturated rings. The number of thiol groups is 1. The van der Waals surface area contributed by atoms with E-state index in [1.165, 1.54) is 6.08 Å². The van der Waals surface area contributed by atoms with Gasteiger partial charge in [0.05, 0.1) is 11.3 Å². The fourth-order valence-corrected chi connectivity index (χ4v) is 1.53. The van der Waals surface area contributed by atoms with E-state index in [4.69, 9.17) is 9.47 Å². The molecule has 4 nitrogen and oxygen atoms in total. The Bertz CT molecular complexity index is 385. The third-order valence-electron chi connectivity index (χ3n) is 1.79. The molecule has 0 aromatic rings. The second kappa shape index (κ2) is 5.88. The molecule has 88 valence electrons. The molecule has 0 radical (unpaired) electrons. The summed E-state index contributed by atoms with van der Waals surface area (Å²) in [6.45, 7) is 1.60. The number of carbonyl (C=O) groups is 2. The van der Waals surface area contributed by atoms with Crippen molar-refractivity contribution in [3.63, 3.8) is 0 Å². The Kier molecular flexibility index (Phi) is 5.07. The summed E-state index contributed by atoms with van der Waals surface area (Å²) in [5, 5.41) is 0. The van der Waals surface area contributed by atoms with E-state index in [0.29, 0.717) is 14.7 Å². The standard InChI is InChI=1S/C9H8Br2O4S/c1-4(14-7(12)3-16)5-2-6(8(10)11)15-9(5)13/h2,4,16H,3H2,1H3. The van der Waals surface area contributed by atoms with E-state index in [1.54, 1.807) is 6.92 Å². The third kappa shape index (κ3) is 3.36. The highest BCUT2D eigenvalue weighted by Gasteiger charge is 2.29. The quantitative estimate of drug-likeness (QED) is 0.610. The van der Waals surface area contributed by atoms with Gasteiger partial charge in [-0.2, -0.15) is 12.6 Å². The first kappa shape index (κ1) is 13.8. The minimum absolute atomic E-state index is 0.0303. The third-order valence-corrected chi connectivity index (χ3v) is 2.83. The van der Waals surface area contributed by atoms with Gasteiger partial charge in [0.2, 0.25) is 0 Å². The predicted molar refractivity (Wildman–Crippen MR) is 68.5 cm³/mol. The number of esters is 2. The summed E-state index contributed by atoms with van der Waals surface area (Å²) < 4.78 is 10.4. The number of hydrogen-bond donors (Lipinski definition) is 1. The van der Waals surface area contributed by atoms with E-state index in [9.17, 15) is 9.59 Å². The molecule has 1 rings (SSSR count). The Balaban J connectivity index is 2.81. The zero-order valence-corrected chi connectivity index (χ0v) is 12.3. The molecule has 0 N–H and O–H groups in total. The van der Waals surface area contributed by atoms with E-state index in [2.05, 4.69) is 44.5 Å². The van der Waals surface area contributed by atoms with Crippen LogP contribution in [0, 0.1) is 0 Å². The molecule has 0 aromatic carbocycles. The van der Waals surface area contributed by atoms with Gasteiger partial charge in [-0.25, -0.2) is 4.79 Å². The van der Waals surface area contributed by atoms with Gasteiger partial charge in [-0.05, 0) is 44.9 Å². The molecular formula is C9H8Br2O4S. The lowest BCUT2D eigenvalue weighted by Gasteiger charge is -2.10. The molecular weight excluding hydrogens is 364 g/mol. The van der Waals surface area contributed by atoms with Crippen LogP contribution in [-0.2, 0) is 19.1 Å². The van der Waals surface area contributed by atoms with Crippen LogP contribution in [0.5, 0.6) is 0 Å². The van der Waals surface area contributed by atoms with E-state index >= 15 is 0 Å². The molecule has 1 heterocycles. The average molecular weight is 372 g/mol. The van der Waals surface area contributed by atoms with Gasteiger partial charge in [0.1, 0.15) is 9.50 Å². The Labute approximate surface area is 115 Å². The lowest BCUT2D eigenvalue weighted by Crippen LogP contribution is -2.21. The van der Waals surface area contributed by atoms with Gasteiger partial charge in [0, 0.05) is 0 Å². The van der Waals surface area contributed by atoms with Crippen molar-refractivity contribution < 1.29 is 19.1 Å². The van der Waals surface area contributed by atoms with Crippen molar-refractivity contribution in [3.05, 3.63) is 20.8 Å². The van der Waals surface area contributed by atoms with E-state index in [1.807, 2.05) is 0 Å². The van der Waals surface area contributed by atoms with Crippen LogP contribution in [0.4, 0.5) is 0 Å². The van der Waals surface area contributed by atoms with Crippen molar-refractivity contribution in [1.29, 1.82) is 0 Å². The molecule has 0 aromatic heterocycles. The van der Waals surface area contributed by atoms with Crippen molar-refractivity contribution in [1.82, 2.24) is 0 Å². The number of hydrogen-bond acceptors (Lipinski definition) is 5. The Morgan fingerprint density at radius 3 is 2.69 bits per heavy atom. The second-order valence-corrected chi connectivity index (χ2v) is 5.87. The molecule has 0 saturated carbocycles. The monoisotopic (exact) mass is 370 g/mol. The lowest BCUT2D eigenvalue weighted by molar-refractivity contribution is -0.144. The fourth-order valence-electron chi connectivity index (χ4n) is 1.06. The van der Waals surface area contributed by atoms with Crippen molar-refractivity contribution in [2.24, 2.45) is 0 Å². The summed E-state index contributed by atoms with van der Waals surface area (Å²) in [7, 11) is 0. The van der Waals surface area contributed by atoms with E-state index in [-0.39, 0.29) is 5.75 Å². The number of halogens is 2. The summed E-state index contributed by atoms with van der Waals surface area (Å²) in [5.74, 6) is -0.683. The average Bonchev–Trinajstić information content (AvgIpc) is 2.60. The maximum Gasteiger partial charge on any atom is 0.343 e. The van der Waals surface area contributed by atoms with Crippen LogP contribution in [-0.4, -0.2) is 23.8 Å². The largest absolute Gasteiger partial charge is 0.457 e. The van der Waals surface area contributed by atoms with Crippen LogP contribution < -0.4 is 0 Å². The SMILES string of the molecule is CC(OC(=O)CS)C1=CC(=C(Br)Br)OC1=O. The number of carbonyl (C=O) groups excluding carboxylic acids is 2. The second-order valence-electron chi connectivity index (χ2n) is 2.90. The van der Waals surface area contributed by atoms with E-state index < -0.39 is 18.0 Å². The maximum atomic E-state index is 11.4. The molecule has 1 unspecified atom stereocenters. The Hall–Kier alpha value is -0.270. The highest BCUT2D eigenvalue weighted by atomic mass is 79.9. The highest BCUT2D eigenvalue weighted by Crippen LogP contribution is 2.29. The summed E-state index contributed by atoms with van der Waals surface area (Å²) >= 11 is 10.0. The summed E-state index contributed by atoms with van der Waals surface area (Å²) in [6, 6.07) is 0. The summed E-state index contributed by atoms with van der Waals surface area (Å²) in [4.78, 5) is 22.4. The molecule has 1 atom stereocenters. The first-order valence-corrected chi connectivity index (χ1v) is 6.47. The van der Waals surface area contributed by atoms with Gasteiger partial charge in [-0.3, -0.25) is 4.79 Å². The van der Waals surface area contributed by atoms with Crippen molar-refractivity contribution >= 4 is 56.4 Å². The van der Waals surface area contributed by atoms with E-state index in [0.717, 1.165) is 0 Å². The molecule has 0 spiro atoms. The molecule has 1 aliphatic rings. The predicted octanol–water partition coefficient (Wildman–Crippen LogP) is 2.29. The number of cyclic esters (lactones) is 1. The molecule has 16 heavy (non-hydrogen) atoms. The molecule has 0 saturated heterocycles. The topological polar surface area (TPSA) is 52.6 Å². The van der Waals surface area contributed by atoms with Gasteiger partial charge in [-0.15, -0.1) is 0 Å². The van der Waals surface area contributed by atoms with Crippen LogP contribution in [0.3, 0.4) is 0 Å². The maximum absolute atomic E-state index is 11.4. The minimum Gasteiger partial charge on any atom is -0.457 e. The van der Waals surface area contributed by atoms with Crippen LogP contribution in [0.25, 0.3) is 0 Å². The summed E-state index contributed by atoms with van der Waals surface area (Å²) in [5.41, 5.74) is 0.293. The molecule has 0 bridgehead atoms. The minimum atomic E-state index is -0.649. The smallest absolute Gasteiger partial charge is 0.343 e. The molecule has 1 aliphatic heterocycles. The van der Waals surface area contributed by atoms with Crippen molar-refractivity contribution in [2.45, 2.75) is 13.0 Å². The van der Waals surface area contributed by atoms with Gasteiger partial charge >= 0.3 is 11.9 Å². The Morgan fingerprint density at radius 2 is 2.25 bits per heavy atom. The zero-order chi connectivity index (χ0) is 12.3. The fraction of sp³-hybridized carbons (Fsp3) is 0.333. The lowest BCUT2D eigenvalue weighted by atomic mass is 10.1. The molecule has 7 heteroatoms.